The van der Waals surface area contributed by atoms with Crippen LogP contribution in [0.15, 0.2) is 77.7 Å². The number of nitrogens with zero attached hydrogens (tertiary/aromatic N) is 3. The molecular weight excluding hydrogens is 454 g/mol. The first kappa shape index (κ1) is 23.7. The summed E-state index contributed by atoms with van der Waals surface area (Å²) in [4.78, 5) is 15.4. The number of sulfonamides is 1. The van der Waals surface area contributed by atoms with Crippen molar-refractivity contribution in [3.05, 3.63) is 94.0 Å². The molecule has 0 unspecified atom stereocenters. The fourth-order valence-corrected chi connectivity index (χ4v) is 4.64. The van der Waals surface area contributed by atoms with Gasteiger partial charge in [-0.25, -0.2) is 13.6 Å². The lowest BCUT2D eigenvalue weighted by Gasteiger charge is -2.36. The van der Waals surface area contributed by atoms with E-state index in [1.807, 2.05) is 24.3 Å². The molecule has 0 aromatic heterocycles. The highest BCUT2D eigenvalue weighted by Gasteiger charge is 2.20. The van der Waals surface area contributed by atoms with Gasteiger partial charge in [-0.3, -0.25) is 15.0 Å². The van der Waals surface area contributed by atoms with Crippen molar-refractivity contribution < 1.29 is 13.3 Å². The molecule has 1 heterocycles. The molecule has 3 aromatic rings. The van der Waals surface area contributed by atoms with Crippen LogP contribution in [-0.2, 0) is 23.1 Å². The normalized spacial score (nSPS) is 14.7. The van der Waals surface area contributed by atoms with Crippen LogP contribution in [0.1, 0.15) is 11.1 Å². The van der Waals surface area contributed by atoms with E-state index >= 15 is 0 Å². The highest BCUT2D eigenvalue weighted by Crippen LogP contribution is 2.28. The Balaban J connectivity index is 1.42. The van der Waals surface area contributed by atoms with Crippen molar-refractivity contribution in [1.29, 1.82) is 0 Å². The lowest BCUT2D eigenvalue weighted by atomic mass is 10.1. The fraction of sp³-hybridized carbons (Fsp3) is 0.250. The Morgan fingerprint density at radius 1 is 0.912 bits per heavy atom. The Morgan fingerprint density at radius 3 is 2.21 bits per heavy atom. The van der Waals surface area contributed by atoms with Crippen molar-refractivity contribution in [2.45, 2.75) is 18.0 Å². The molecule has 9 nitrogen and oxygen atoms in total. The summed E-state index contributed by atoms with van der Waals surface area (Å²) >= 11 is 0. The van der Waals surface area contributed by atoms with E-state index in [4.69, 9.17) is 5.14 Å². The molecule has 10 heteroatoms. The van der Waals surface area contributed by atoms with Gasteiger partial charge in [-0.1, -0.05) is 42.5 Å². The number of para-hydroxylation sites is 1. The van der Waals surface area contributed by atoms with Crippen LogP contribution in [0.4, 0.5) is 17.1 Å². The highest BCUT2D eigenvalue weighted by molar-refractivity contribution is 7.89. The van der Waals surface area contributed by atoms with E-state index in [2.05, 4.69) is 45.4 Å². The van der Waals surface area contributed by atoms with Gasteiger partial charge in [0.05, 0.1) is 9.82 Å². The topological polar surface area (TPSA) is 122 Å². The summed E-state index contributed by atoms with van der Waals surface area (Å²) in [5.74, 6) is 0. The summed E-state index contributed by atoms with van der Waals surface area (Å²) in [7, 11) is -4.03. The van der Waals surface area contributed by atoms with Gasteiger partial charge in [-0.05, 0) is 35.4 Å². The number of nitro benzene ring substituents is 1. The second-order valence-electron chi connectivity index (χ2n) is 8.20. The largest absolute Gasteiger partial charge is 0.375 e. The van der Waals surface area contributed by atoms with Crippen molar-refractivity contribution in [3.63, 3.8) is 0 Å². The van der Waals surface area contributed by atoms with Crippen molar-refractivity contribution in [3.8, 4) is 0 Å². The molecule has 0 bridgehead atoms. The summed E-state index contributed by atoms with van der Waals surface area (Å²) in [6, 6.07) is 22.0. The first-order valence-electron chi connectivity index (χ1n) is 11.0. The van der Waals surface area contributed by atoms with E-state index in [9.17, 15) is 18.5 Å². The predicted molar refractivity (Wildman–Crippen MR) is 132 cm³/mol. The second-order valence-corrected chi connectivity index (χ2v) is 9.76. The zero-order valence-corrected chi connectivity index (χ0v) is 19.4. The molecule has 178 valence electrons. The molecule has 0 aliphatic carbocycles. The molecular formula is C24H27N5O4S. The molecule has 3 aromatic carbocycles. The molecule has 1 aliphatic rings. The lowest BCUT2D eigenvalue weighted by Crippen LogP contribution is -2.46. The van der Waals surface area contributed by atoms with Gasteiger partial charge in [0.15, 0.2) is 0 Å². The molecule has 1 fully saturated rings. The zero-order chi connectivity index (χ0) is 24.1. The summed E-state index contributed by atoms with van der Waals surface area (Å²) in [6.45, 7) is 4.94. The molecule has 1 saturated heterocycles. The van der Waals surface area contributed by atoms with Gasteiger partial charge in [-0.15, -0.1) is 0 Å². The third kappa shape index (κ3) is 5.71. The Morgan fingerprint density at radius 2 is 1.56 bits per heavy atom. The minimum Gasteiger partial charge on any atom is -0.375 e. The van der Waals surface area contributed by atoms with E-state index < -0.39 is 14.9 Å². The zero-order valence-electron chi connectivity index (χ0n) is 18.6. The number of anilines is 2. The quantitative estimate of drug-likeness (QED) is 0.374. The van der Waals surface area contributed by atoms with Gasteiger partial charge in [0.2, 0.25) is 10.0 Å². The minimum absolute atomic E-state index is 0.240. The van der Waals surface area contributed by atoms with Crippen LogP contribution in [0.3, 0.4) is 0 Å². The number of rotatable bonds is 8. The van der Waals surface area contributed by atoms with Crippen molar-refractivity contribution in [2.75, 3.05) is 36.4 Å². The first-order valence-corrected chi connectivity index (χ1v) is 12.5. The van der Waals surface area contributed by atoms with Crippen molar-refractivity contribution in [1.82, 2.24) is 4.90 Å². The summed E-state index contributed by atoms with van der Waals surface area (Å²) in [5.41, 5.74) is 3.32. The van der Waals surface area contributed by atoms with Crippen LogP contribution in [0.5, 0.6) is 0 Å². The summed E-state index contributed by atoms with van der Waals surface area (Å²) in [6.07, 6.45) is 0. The lowest BCUT2D eigenvalue weighted by molar-refractivity contribution is -0.384. The average molecular weight is 482 g/mol. The van der Waals surface area contributed by atoms with Gasteiger partial charge < -0.3 is 10.2 Å². The van der Waals surface area contributed by atoms with Gasteiger partial charge in [0.1, 0.15) is 5.69 Å². The van der Waals surface area contributed by atoms with Crippen LogP contribution in [0.25, 0.3) is 0 Å². The maximum atomic E-state index is 11.6. The Kier molecular flexibility index (Phi) is 7.11. The van der Waals surface area contributed by atoms with Crippen LogP contribution >= 0.6 is 0 Å². The van der Waals surface area contributed by atoms with Crippen LogP contribution in [-0.4, -0.2) is 44.4 Å². The molecule has 1 aliphatic heterocycles. The number of benzene rings is 3. The summed E-state index contributed by atoms with van der Waals surface area (Å²) < 4.78 is 23.1. The van der Waals surface area contributed by atoms with Crippen molar-refractivity contribution >= 4 is 27.1 Å². The smallest absolute Gasteiger partial charge is 0.293 e. The van der Waals surface area contributed by atoms with Gasteiger partial charge >= 0.3 is 0 Å². The predicted octanol–water partition coefficient (Wildman–Crippen LogP) is 3.18. The van der Waals surface area contributed by atoms with E-state index in [0.29, 0.717) is 6.54 Å². The number of piperazine rings is 1. The van der Waals surface area contributed by atoms with Gasteiger partial charge in [-0.2, -0.15) is 0 Å². The second kappa shape index (κ2) is 10.2. The molecule has 0 radical (unpaired) electrons. The first-order chi connectivity index (χ1) is 16.3. The summed E-state index contributed by atoms with van der Waals surface area (Å²) in [5, 5.41) is 19.7. The van der Waals surface area contributed by atoms with Gasteiger partial charge in [0, 0.05) is 51.0 Å². The van der Waals surface area contributed by atoms with Crippen LogP contribution in [0, 0.1) is 10.1 Å². The molecule has 0 amide bonds. The number of nitrogens with two attached hydrogens (primary N) is 1. The van der Waals surface area contributed by atoms with E-state index in [-0.39, 0.29) is 16.3 Å². The van der Waals surface area contributed by atoms with Gasteiger partial charge in [0.25, 0.3) is 5.69 Å². The highest BCUT2D eigenvalue weighted by atomic mass is 32.2. The fourth-order valence-electron chi connectivity index (χ4n) is 4.11. The maximum absolute atomic E-state index is 11.6. The third-order valence-electron chi connectivity index (χ3n) is 5.97. The molecule has 0 atom stereocenters. The van der Waals surface area contributed by atoms with Crippen LogP contribution in [0.2, 0.25) is 0 Å². The number of hydrogen-bond donors (Lipinski definition) is 2. The van der Waals surface area contributed by atoms with E-state index in [0.717, 1.165) is 49.9 Å². The van der Waals surface area contributed by atoms with Crippen LogP contribution < -0.4 is 15.4 Å². The average Bonchev–Trinajstić information content (AvgIpc) is 2.84. The van der Waals surface area contributed by atoms with E-state index in [1.165, 1.54) is 17.8 Å². The Labute approximate surface area is 199 Å². The molecule has 4 rings (SSSR count). The monoisotopic (exact) mass is 481 g/mol. The third-order valence-corrected chi connectivity index (χ3v) is 6.88. The number of nitro groups is 1. The minimum atomic E-state index is -4.03. The number of primary sulfonamides is 1. The molecule has 3 N–H and O–H groups in total. The standard InChI is InChI=1S/C24H27N5O4S/c25-34(32,33)22-10-11-23(24(16-22)29(30)31)26-17-19-6-4-5-7-20(19)18-27-12-14-28(15-13-27)21-8-2-1-3-9-21/h1-11,16,26H,12-15,17-18H2,(H2,25,32,33). The molecule has 34 heavy (non-hydrogen) atoms. The Bertz CT molecular complexity index is 1260. The molecule has 0 saturated carbocycles. The maximum Gasteiger partial charge on any atom is 0.293 e. The van der Waals surface area contributed by atoms with E-state index in [1.54, 1.807) is 0 Å². The number of hydrogen-bond acceptors (Lipinski definition) is 7. The number of nitrogens with one attached hydrogen (secondary N) is 1. The Hall–Kier alpha value is -3.47. The molecule has 0 spiro atoms. The SMILES string of the molecule is NS(=O)(=O)c1ccc(NCc2ccccc2CN2CCN(c3ccccc3)CC2)c([N+](=O)[O-])c1. The van der Waals surface area contributed by atoms with Crippen molar-refractivity contribution in [2.24, 2.45) is 5.14 Å².